The van der Waals surface area contributed by atoms with Gasteiger partial charge in [-0.25, -0.2) is 0 Å². The van der Waals surface area contributed by atoms with Gasteiger partial charge < -0.3 is 20.6 Å². The third-order valence-corrected chi connectivity index (χ3v) is 3.19. The first-order valence-corrected chi connectivity index (χ1v) is 6.12. The standard InChI is InChI=1S/C11H14BrN3O2/c12-8-1-2-9(11(13)14-16)10(7-8)15-3-5-17-6-4-15/h1-2,7,16H,3-6H2,(H2,13,14). The molecule has 2 rings (SSSR count). The van der Waals surface area contributed by atoms with Crippen LogP contribution in [-0.4, -0.2) is 37.3 Å². The van der Waals surface area contributed by atoms with Gasteiger partial charge in [0, 0.05) is 28.8 Å². The number of benzene rings is 1. The number of anilines is 1. The Morgan fingerprint density at radius 2 is 2.12 bits per heavy atom. The molecule has 1 aliphatic rings. The van der Waals surface area contributed by atoms with Gasteiger partial charge in [-0.15, -0.1) is 0 Å². The largest absolute Gasteiger partial charge is 0.409 e. The lowest BCUT2D eigenvalue weighted by molar-refractivity contribution is 0.122. The Balaban J connectivity index is 2.38. The van der Waals surface area contributed by atoms with E-state index in [0.717, 1.165) is 28.8 Å². The maximum atomic E-state index is 8.79. The van der Waals surface area contributed by atoms with E-state index in [0.29, 0.717) is 13.2 Å². The highest BCUT2D eigenvalue weighted by Crippen LogP contribution is 2.25. The Labute approximate surface area is 108 Å². The normalized spacial score (nSPS) is 17.2. The highest BCUT2D eigenvalue weighted by Gasteiger charge is 2.17. The van der Waals surface area contributed by atoms with E-state index in [1.165, 1.54) is 0 Å². The summed E-state index contributed by atoms with van der Waals surface area (Å²) in [6, 6.07) is 5.68. The maximum absolute atomic E-state index is 8.79. The summed E-state index contributed by atoms with van der Waals surface area (Å²) >= 11 is 3.43. The molecule has 0 spiro atoms. The predicted molar refractivity (Wildman–Crippen MR) is 69.7 cm³/mol. The van der Waals surface area contributed by atoms with Gasteiger partial charge in [0.15, 0.2) is 5.84 Å². The lowest BCUT2D eigenvalue weighted by Crippen LogP contribution is -2.37. The van der Waals surface area contributed by atoms with Gasteiger partial charge in [0.05, 0.1) is 13.2 Å². The van der Waals surface area contributed by atoms with Crippen molar-refractivity contribution in [2.24, 2.45) is 10.9 Å². The first-order chi connectivity index (χ1) is 8.22. The fraction of sp³-hybridized carbons (Fsp3) is 0.364. The minimum absolute atomic E-state index is 0.124. The van der Waals surface area contributed by atoms with Gasteiger partial charge >= 0.3 is 0 Å². The van der Waals surface area contributed by atoms with Crippen molar-refractivity contribution in [1.29, 1.82) is 0 Å². The number of morpholine rings is 1. The number of hydrogen-bond acceptors (Lipinski definition) is 4. The molecule has 1 aromatic carbocycles. The molecule has 92 valence electrons. The lowest BCUT2D eigenvalue weighted by Gasteiger charge is -2.30. The second-order valence-corrected chi connectivity index (χ2v) is 4.66. The van der Waals surface area contributed by atoms with Crippen LogP contribution in [-0.2, 0) is 4.74 Å². The molecule has 6 heteroatoms. The van der Waals surface area contributed by atoms with Crippen molar-refractivity contribution in [3.63, 3.8) is 0 Å². The second kappa shape index (κ2) is 5.37. The van der Waals surface area contributed by atoms with Crippen LogP contribution in [0.3, 0.4) is 0 Å². The van der Waals surface area contributed by atoms with Gasteiger partial charge in [0.25, 0.3) is 0 Å². The number of oxime groups is 1. The third kappa shape index (κ3) is 2.70. The molecule has 0 unspecified atom stereocenters. The first-order valence-electron chi connectivity index (χ1n) is 5.32. The number of ether oxygens (including phenoxy) is 1. The predicted octanol–water partition coefficient (Wildman–Crippen LogP) is 1.38. The molecular formula is C11H14BrN3O2. The highest BCUT2D eigenvalue weighted by atomic mass is 79.9. The van der Waals surface area contributed by atoms with Crippen LogP contribution in [0.2, 0.25) is 0 Å². The Hall–Kier alpha value is -1.27. The van der Waals surface area contributed by atoms with Crippen molar-refractivity contribution >= 4 is 27.5 Å². The summed E-state index contributed by atoms with van der Waals surface area (Å²) in [4.78, 5) is 2.17. The van der Waals surface area contributed by atoms with E-state index in [2.05, 4.69) is 26.0 Å². The van der Waals surface area contributed by atoms with Crippen LogP contribution in [0.15, 0.2) is 27.8 Å². The molecule has 17 heavy (non-hydrogen) atoms. The Morgan fingerprint density at radius 3 is 2.76 bits per heavy atom. The van der Waals surface area contributed by atoms with Crippen LogP contribution >= 0.6 is 15.9 Å². The van der Waals surface area contributed by atoms with Crippen molar-refractivity contribution < 1.29 is 9.94 Å². The van der Waals surface area contributed by atoms with Gasteiger partial charge in [0.1, 0.15) is 0 Å². The molecule has 1 fully saturated rings. The number of nitrogens with two attached hydrogens (primary N) is 1. The summed E-state index contributed by atoms with van der Waals surface area (Å²) in [6.07, 6.45) is 0. The average Bonchev–Trinajstić information content (AvgIpc) is 2.39. The second-order valence-electron chi connectivity index (χ2n) is 3.75. The van der Waals surface area contributed by atoms with E-state index < -0.39 is 0 Å². The van der Waals surface area contributed by atoms with Crippen LogP contribution in [0.25, 0.3) is 0 Å². The Morgan fingerprint density at radius 1 is 1.41 bits per heavy atom. The van der Waals surface area contributed by atoms with Crippen LogP contribution in [0.4, 0.5) is 5.69 Å². The van der Waals surface area contributed by atoms with Gasteiger partial charge in [-0.1, -0.05) is 21.1 Å². The minimum Gasteiger partial charge on any atom is -0.409 e. The van der Waals surface area contributed by atoms with E-state index in [9.17, 15) is 0 Å². The van der Waals surface area contributed by atoms with Gasteiger partial charge in [0.2, 0.25) is 0 Å². The zero-order valence-electron chi connectivity index (χ0n) is 9.27. The fourth-order valence-electron chi connectivity index (χ4n) is 1.84. The Bertz CT molecular complexity index is 431. The highest BCUT2D eigenvalue weighted by molar-refractivity contribution is 9.10. The summed E-state index contributed by atoms with van der Waals surface area (Å²) in [6.45, 7) is 3.01. The van der Waals surface area contributed by atoms with Crippen molar-refractivity contribution in [1.82, 2.24) is 0 Å². The zero-order chi connectivity index (χ0) is 12.3. The van der Waals surface area contributed by atoms with Crippen molar-refractivity contribution in [3.8, 4) is 0 Å². The number of rotatable bonds is 2. The van der Waals surface area contributed by atoms with E-state index in [1.807, 2.05) is 18.2 Å². The molecule has 0 bridgehead atoms. The van der Waals surface area contributed by atoms with Gasteiger partial charge in [-0.3, -0.25) is 0 Å². The fourth-order valence-corrected chi connectivity index (χ4v) is 2.19. The van der Waals surface area contributed by atoms with Crippen LogP contribution < -0.4 is 10.6 Å². The third-order valence-electron chi connectivity index (χ3n) is 2.70. The van der Waals surface area contributed by atoms with Crippen molar-refractivity contribution in [2.45, 2.75) is 0 Å². The molecule has 0 aromatic heterocycles. The SMILES string of the molecule is N/C(=N/O)c1ccc(Br)cc1N1CCOCC1. The smallest absolute Gasteiger partial charge is 0.172 e. The molecule has 3 N–H and O–H groups in total. The molecule has 1 aromatic rings. The van der Waals surface area contributed by atoms with E-state index in [-0.39, 0.29) is 5.84 Å². The monoisotopic (exact) mass is 299 g/mol. The van der Waals surface area contributed by atoms with Gasteiger partial charge in [-0.05, 0) is 18.2 Å². The first kappa shape index (κ1) is 12.2. The quantitative estimate of drug-likeness (QED) is 0.375. The molecular weight excluding hydrogens is 286 g/mol. The van der Waals surface area contributed by atoms with Crippen LogP contribution in [0.1, 0.15) is 5.56 Å². The van der Waals surface area contributed by atoms with E-state index >= 15 is 0 Å². The molecule has 0 atom stereocenters. The summed E-state index contributed by atoms with van der Waals surface area (Å²) in [7, 11) is 0. The lowest BCUT2D eigenvalue weighted by atomic mass is 10.1. The molecule has 1 heterocycles. The zero-order valence-corrected chi connectivity index (χ0v) is 10.9. The summed E-state index contributed by atoms with van der Waals surface area (Å²) in [5, 5.41) is 11.9. The molecule has 1 saturated heterocycles. The number of amidine groups is 1. The van der Waals surface area contributed by atoms with Crippen molar-refractivity contribution in [3.05, 3.63) is 28.2 Å². The summed E-state index contributed by atoms with van der Waals surface area (Å²) in [5.74, 6) is 0.124. The molecule has 0 aliphatic carbocycles. The minimum atomic E-state index is 0.124. The van der Waals surface area contributed by atoms with E-state index in [4.69, 9.17) is 15.7 Å². The summed E-state index contributed by atoms with van der Waals surface area (Å²) in [5.41, 5.74) is 7.37. The van der Waals surface area contributed by atoms with Gasteiger partial charge in [-0.2, -0.15) is 0 Å². The number of nitrogens with zero attached hydrogens (tertiary/aromatic N) is 2. The molecule has 1 aliphatic heterocycles. The average molecular weight is 300 g/mol. The molecule has 5 nitrogen and oxygen atoms in total. The maximum Gasteiger partial charge on any atom is 0.172 e. The van der Waals surface area contributed by atoms with E-state index in [1.54, 1.807) is 0 Å². The number of halogens is 1. The van der Waals surface area contributed by atoms with Crippen LogP contribution in [0.5, 0.6) is 0 Å². The Kier molecular flexibility index (Phi) is 3.86. The molecule has 0 amide bonds. The number of hydrogen-bond donors (Lipinski definition) is 2. The topological polar surface area (TPSA) is 71.1 Å². The van der Waals surface area contributed by atoms with Crippen LogP contribution in [0, 0.1) is 0 Å². The van der Waals surface area contributed by atoms with Crippen molar-refractivity contribution in [2.75, 3.05) is 31.2 Å². The molecule has 0 radical (unpaired) electrons. The summed E-state index contributed by atoms with van der Waals surface area (Å²) < 4.78 is 6.28. The molecule has 0 saturated carbocycles.